The van der Waals surface area contributed by atoms with Gasteiger partial charge in [0.05, 0.1) is 13.2 Å². The SMILES string of the molecule is CCCc1cc(C(N)=S)ccc1OCCCOc1ccc2c(ccn2CC)c1. The smallest absolute Gasteiger partial charge is 0.122 e. The molecule has 2 N–H and O–H groups in total. The first kappa shape index (κ1) is 20.2. The molecule has 0 saturated carbocycles. The van der Waals surface area contributed by atoms with Gasteiger partial charge in [-0.1, -0.05) is 25.6 Å². The number of benzene rings is 2. The van der Waals surface area contributed by atoms with Crippen molar-refractivity contribution in [2.45, 2.75) is 39.7 Å². The molecule has 0 aliphatic carbocycles. The zero-order valence-electron chi connectivity index (χ0n) is 16.6. The molecule has 0 fully saturated rings. The highest BCUT2D eigenvalue weighted by molar-refractivity contribution is 7.80. The molecule has 3 rings (SSSR count). The van der Waals surface area contributed by atoms with E-state index in [0.29, 0.717) is 18.2 Å². The summed E-state index contributed by atoms with van der Waals surface area (Å²) in [5.74, 6) is 1.80. The number of aromatic nitrogens is 1. The summed E-state index contributed by atoms with van der Waals surface area (Å²) in [6, 6.07) is 14.3. The highest BCUT2D eigenvalue weighted by Crippen LogP contribution is 2.23. The lowest BCUT2D eigenvalue weighted by Gasteiger charge is -2.13. The summed E-state index contributed by atoms with van der Waals surface area (Å²) in [5.41, 5.74) is 9.02. The standard InChI is InChI=1S/C23H28N2O2S/c1-3-6-18-15-19(23(24)28)7-10-22(18)27-14-5-13-26-20-8-9-21-17(16-20)11-12-25(21)4-2/h7-12,15-16H,3-6,13-14H2,1-2H3,(H2,24,28). The van der Waals surface area contributed by atoms with Gasteiger partial charge in [-0.05, 0) is 61.4 Å². The molecule has 1 heterocycles. The van der Waals surface area contributed by atoms with E-state index in [2.05, 4.69) is 42.8 Å². The topological polar surface area (TPSA) is 49.4 Å². The quantitative estimate of drug-likeness (QED) is 0.383. The highest BCUT2D eigenvalue weighted by Gasteiger charge is 2.07. The number of ether oxygens (including phenoxy) is 2. The lowest BCUT2D eigenvalue weighted by atomic mass is 10.1. The molecular formula is C23H28N2O2S. The van der Waals surface area contributed by atoms with Crippen LogP contribution < -0.4 is 15.2 Å². The fourth-order valence-electron chi connectivity index (χ4n) is 3.31. The number of nitrogens with two attached hydrogens (primary N) is 1. The van der Waals surface area contributed by atoms with Gasteiger partial charge in [0.25, 0.3) is 0 Å². The summed E-state index contributed by atoms with van der Waals surface area (Å²) in [6.07, 6.45) is 4.91. The molecule has 0 amide bonds. The summed E-state index contributed by atoms with van der Waals surface area (Å²) in [5, 5.41) is 1.21. The van der Waals surface area contributed by atoms with E-state index in [4.69, 9.17) is 27.4 Å². The average molecular weight is 397 g/mol. The Bertz CT molecular complexity index is 949. The molecule has 2 aromatic carbocycles. The number of fused-ring (bicyclic) bond motifs is 1. The zero-order chi connectivity index (χ0) is 19.9. The highest BCUT2D eigenvalue weighted by atomic mass is 32.1. The molecule has 0 bridgehead atoms. The van der Waals surface area contributed by atoms with Crippen molar-refractivity contribution in [3.63, 3.8) is 0 Å². The van der Waals surface area contributed by atoms with Gasteiger partial charge in [0.2, 0.25) is 0 Å². The molecule has 1 aromatic heterocycles. The van der Waals surface area contributed by atoms with Gasteiger partial charge in [-0.2, -0.15) is 0 Å². The predicted octanol–water partition coefficient (Wildman–Crippen LogP) is 5.10. The van der Waals surface area contributed by atoms with E-state index >= 15 is 0 Å². The van der Waals surface area contributed by atoms with Crippen LogP contribution in [0.1, 0.15) is 37.8 Å². The lowest BCUT2D eigenvalue weighted by Crippen LogP contribution is -2.11. The number of nitrogens with zero attached hydrogens (tertiary/aromatic N) is 1. The first-order valence-corrected chi connectivity index (χ1v) is 10.3. The van der Waals surface area contributed by atoms with Gasteiger partial charge in [-0.15, -0.1) is 0 Å². The Morgan fingerprint density at radius 2 is 1.86 bits per heavy atom. The van der Waals surface area contributed by atoms with Crippen LogP contribution in [0.4, 0.5) is 0 Å². The normalized spacial score (nSPS) is 10.9. The number of hydrogen-bond acceptors (Lipinski definition) is 3. The van der Waals surface area contributed by atoms with Gasteiger partial charge in [-0.25, -0.2) is 0 Å². The van der Waals surface area contributed by atoms with Crippen LogP contribution >= 0.6 is 12.2 Å². The molecule has 0 aliphatic heterocycles. The molecule has 0 aliphatic rings. The number of rotatable bonds is 10. The monoisotopic (exact) mass is 396 g/mol. The maximum atomic E-state index is 5.98. The molecule has 0 saturated heterocycles. The molecule has 28 heavy (non-hydrogen) atoms. The minimum atomic E-state index is 0.420. The van der Waals surface area contributed by atoms with Gasteiger partial charge in [-0.3, -0.25) is 0 Å². The third-order valence-electron chi connectivity index (χ3n) is 4.76. The Morgan fingerprint density at radius 3 is 2.61 bits per heavy atom. The molecular weight excluding hydrogens is 368 g/mol. The molecule has 0 unspecified atom stereocenters. The van der Waals surface area contributed by atoms with Crippen molar-refractivity contribution in [1.82, 2.24) is 4.57 Å². The van der Waals surface area contributed by atoms with Crippen molar-refractivity contribution < 1.29 is 9.47 Å². The van der Waals surface area contributed by atoms with E-state index < -0.39 is 0 Å². The number of thiocarbonyl (C=S) groups is 1. The van der Waals surface area contributed by atoms with Crippen molar-refractivity contribution in [2.75, 3.05) is 13.2 Å². The lowest BCUT2D eigenvalue weighted by molar-refractivity contribution is 0.246. The van der Waals surface area contributed by atoms with Crippen LogP contribution in [0.5, 0.6) is 11.5 Å². The predicted molar refractivity (Wildman–Crippen MR) is 120 cm³/mol. The third-order valence-corrected chi connectivity index (χ3v) is 5.00. The maximum Gasteiger partial charge on any atom is 0.122 e. The maximum absolute atomic E-state index is 5.98. The van der Waals surface area contributed by atoms with Crippen LogP contribution in [-0.4, -0.2) is 22.8 Å². The Hall–Kier alpha value is -2.53. The summed E-state index contributed by atoms with van der Waals surface area (Å²) < 4.78 is 14.1. The fraction of sp³-hybridized carbons (Fsp3) is 0.348. The van der Waals surface area contributed by atoms with Crippen molar-refractivity contribution in [2.24, 2.45) is 5.73 Å². The summed E-state index contributed by atoms with van der Waals surface area (Å²) >= 11 is 5.07. The Balaban J connectivity index is 1.51. The molecule has 0 spiro atoms. The second kappa shape index (κ2) is 9.60. The van der Waals surface area contributed by atoms with E-state index in [-0.39, 0.29) is 0 Å². The van der Waals surface area contributed by atoms with Gasteiger partial charge >= 0.3 is 0 Å². The van der Waals surface area contributed by atoms with Crippen LogP contribution in [0, 0.1) is 0 Å². The van der Waals surface area contributed by atoms with Crippen molar-refractivity contribution in [1.29, 1.82) is 0 Å². The van der Waals surface area contributed by atoms with Gasteiger partial charge in [0, 0.05) is 35.6 Å². The zero-order valence-corrected chi connectivity index (χ0v) is 17.4. The largest absolute Gasteiger partial charge is 0.493 e. The average Bonchev–Trinajstić information content (AvgIpc) is 3.11. The van der Waals surface area contributed by atoms with Crippen molar-refractivity contribution >= 4 is 28.1 Å². The fourth-order valence-corrected chi connectivity index (χ4v) is 3.44. The molecule has 4 nitrogen and oxygen atoms in total. The minimum absolute atomic E-state index is 0.420. The molecule has 3 aromatic rings. The second-order valence-corrected chi connectivity index (χ2v) is 7.25. The van der Waals surface area contributed by atoms with E-state index in [0.717, 1.165) is 48.4 Å². The summed E-state index contributed by atoms with van der Waals surface area (Å²) in [6.45, 7) is 6.49. The van der Waals surface area contributed by atoms with Crippen LogP contribution in [0.15, 0.2) is 48.7 Å². The van der Waals surface area contributed by atoms with Crippen LogP contribution in [0.25, 0.3) is 10.9 Å². The van der Waals surface area contributed by atoms with E-state index in [1.165, 1.54) is 10.9 Å². The van der Waals surface area contributed by atoms with Crippen molar-refractivity contribution in [3.8, 4) is 11.5 Å². The van der Waals surface area contributed by atoms with Crippen LogP contribution in [-0.2, 0) is 13.0 Å². The second-order valence-electron chi connectivity index (χ2n) is 6.81. The Kier molecular flexibility index (Phi) is 6.93. The van der Waals surface area contributed by atoms with Gasteiger partial charge in [0.15, 0.2) is 0 Å². The first-order valence-electron chi connectivity index (χ1n) is 9.89. The third kappa shape index (κ3) is 4.84. The van der Waals surface area contributed by atoms with Crippen LogP contribution in [0.3, 0.4) is 0 Å². The number of hydrogen-bond donors (Lipinski definition) is 1. The first-order chi connectivity index (χ1) is 13.6. The summed E-state index contributed by atoms with van der Waals surface area (Å²) in [7, 11) is 0. The van der Waals surface area contributed by atoms with Crippen molar-refractivity contribution in [3.05, 3.63) is 59.8 Å². The molecule has 148 valence electrons. The molecule has 5 heteroatoms. The van der Waals surface area contributed by atoms with Crippen LogP contribution in [0.2, 0.25) is 0 Å². The summed E-state index contributed by atoms with van der Waals surface area (Å²) in [4.78, 5) is 0.420. The minimum Gasteiger partial charge on any atom is -0.493 e. The Morgan fingerprint density at radius 1 is 1.04 bits per heavy atom. The molecule has 0 radical (unpaired) electrons. The van der Waals surface area contributed by atoms with E-state index in [9.17, 15) is 0 Å². The molecule has 0 atom stereocenters. The van der Waals surface area contributed by atoms with Gasteiger partial charge in [0.1, 0.15) is 16.5 Å². The Labute approximate surface area is 172 Å². The van der Waals surface area contributed by atoms with E-state index in [1.54, 1.807) is 0 Å². The number of aryl methyl sites for hydroxylation is 2. The van der Waals surface area contributed by atoms with E-state index in [1.807, 2.05) is 24.3 Å². The van der Waals surface area contributed by atoms with Gasteiger partial charge < -0.3 is 19.8 Å².